The van der Waals surface area contributed by atoms with Crippen molar-refractivity contribution >= 4 is 5.82 Å². The van der Waals surface area contributed by atoms with Crippen molar-refractivity contribution in [1.29, 1.82) is 0 Å². The molecule has 2 rings (SSSR count). The van der Waals surface area contributed by atoms with E-state index in [2.05, 4.69) is 48.1 Å². The molecule has 0 amide bonds. The van der Waals surface area contributed by atoms with Gasteiger partial charge in [-0.1, -0.05) is 13.8 Å². The van der Waals surface area contributed by atoms with Gasteiger partial charge in [-0.25, -0.2) is 4.98 Å². The maximum atomic E-state index is 5.43. The van der Waals surface area contributed by atoms with Crippen LogP contribution in [0.2, 0.25) is 0 Å². The first-order valence-electron chi connectivity index (χ1n) is 7.54. The SMILES string of the molecule is COC1CCN(c2cc(CNCC(C)C)cc(C)n2)C1. The van der Waals surface area contributed by atoms with E-state index < -0.39 is 0 Å². The van der Waals surface area contributed by atoms with E-state index in [0.29, 0.717) is 12.0 Å². The van der Waals surface area contributed by atoms with E-state index in [9.17, 15) is 0 Å². The van der Waals surface area contributed by atoms with Gasteiger partial charge in [-0.15, -0.1) is 0 Å². The molecule has 1 N–H and O–H groups in total. The van der Waals surface area contributed by atoms with Crippen molar-refractivity contribution < 1.29 is 4.74 Å². The summed E-state index contributed by atoms with van der Waals surface area (Å²) in [7, 11) is 1.79. The summed E-state index contributed by atoms with van der Waals surface area (Å²) in [6.07, 6.45) is 1.44. The van der Waals surface area contributed by atoms with Crippen LogP contribution in [0.4, 0.5) is 5.82 Å². The van der Waals surface area contributed by atoms with Gasteiger partial charge < -0.3 is 15.0 Å². The summed E-state index contributed by atoms with van der Waals surface area (Å²) in [6.45, 7) is 10.5. The van der Waals surface area contributed by atoms with Crippen LogP contribution in [0.3, 0.4) is 0 Å². The largest absolute Gasteiger partial charge is 0.380 e. The molecule has 20 heavy (non-hydrogen) atoms. The zero-order valence-corrected chi connectivity index (χ0v) is 13.1. The predicted molar refractivity (Wildman–Crippen MR) is 83.1 cm³/mol. The van der Waals surface area contributed by atoms with Crippen LogP contribution >= 0.6 is 0 Å². The standard InChI is InChI=1S/C16H27N3O/c1-12(2)9-17-10-14-7-13(3)18-16(8-14)19-6-5-15(11-19)20-4/h7-8,12,15,17H,5-6,9-11H2,1-4H3. The van der Waals surface area contributed by atoms with Crippen molar-refractivity contribution in [3.8, 4) is 0 Å². The molecule has 0 radical (unpaired) electrons. The van der Waals surface area contributed by atoms with Gasteiger partial charge in [0, 0.05) is 32.4 Å². The third-order valence-corrected chi connectivity index (χ3v) is 3.68. The van der Waals surface area contributed by atoms with Crippen LogP contribution in [-0.4, -0.2) is 37.8 Å². The molecule has 0 aromatic carbocycles. The van der Waals surface area contributed by atoms with Crippen molar-refractivity contribution in [2.24, 2.45) is 5.92 Å². The minimum absolute atomic E-state index is 0.347. The van der Waals surface area contributed by atoms with E-state index in [-0.39, 0.29) is 0 Å². The van der Waals surface area contributed by atoms with E-state index in [1.165, 1.54) is 5.56 Å². The number of rotatable bonds is 6. The van der Waals surface area contributed by atoms with Gasteiger partial charge in [0.05, 0.1) is 6.10 Å². The van der Waals surface area contributed by atoms with Gasteiger partial charge in [0.1, 0.15) is 5.82 Å². The molecule has 1 aromatic rings. The summed E-state index contributed by atoms with van der Waals surface area (Å²) >= 11 is 0. The molecule has 1 aromatic heterocycles. The Morgan fingerprint density at radius 3 is 2.90 bits per heavy atom. The smallest absolute Gasteiger partial charge is 0.129 e. The van der Waals surface area contributed by atoms with Gasteiger partial charge in [0.2, 0.25) is 0 Å². The van der Waals surface area contributed by atoms with E-state index >= 15 is 0 Å². The number of nitrogens with zero attached hydrogens (tertiary/aromatic N) is 2. The van der Waals surface area contributed by atoms with Crippen LogP contribution < -0.4 is 10.2 Å². The first-order chi connectivity index (χ1) is 9.58. The van der Waals surface area contributed by atoms with Gasteiger partial charge in [-0.05, 0) is 43.5 Å². The number of pyridine rings is 1. The minimum Gasteiger partial charge on any atom is -0.380 e. The summed E-state index contributed by atoms with van der Waals surface area (Å²) in [6, 6.07) is 4.37. The molecule has 1 fully saturated rings. The lowest BCUT2D eigenvalue weighted by molar-refractivity contribution is 0.121. The van der Waals surface area contributed by atoms with Crippen LogP contribution in [0.5, 0.6) is 0 Å². The Hall–Kier alpha value is -1.13. The fourth-order valence-electron chi connectivity index (χ4n) is 2.62. The maximum absolute atomic E-state index is 5.43. The lowest BCUT2D eigenvalue weighted by Gasteiger charge is -2.19. The topological polar surface area (TPSA) is 37.4 Å². The number of aromatic nitrogens is 1. The number of ether oxygens (including phenoxy) is 1. The van der Waals surface area contributed by atoms with Crippen molar-refractivity contribution in [3.05, 3.63) is 23.4 Å². The van der Waals surface area contributed by atoms with Crippen molar-refractivity contribution in [2.45, 2.75) is 39.8 Å². The second-order valence-corrected chi connectivity index (χ2v) is 6.09. The maximum Gasteiger partial charge on any atom is 0.129 e. The molecule has 1 aliphatic rings. The van der Waals surface area contributed by atoms with Crippen molar-refractivity contribution in [3.63, 3.8) is 0 Å². The van der Waals surface area contributed by atoms with Crippen molar-refractivity contribution in [2.75, 3.05) is 31.6 Å². The summed E-state index contributed by atoms with van der Waals surface area (Å²) in [5, 5.41) is 3.50. The highest BCUT2D eigenvalue weighted by molar-refractivity contribution is 5.44. The van der Waals surface area contributed by atoms with Crippen LogP contribution in [0.15, 0.2) is 12.1 Å². The molecule has 4 nitrogen and oxygen atoms in total. The monoisotopic (exact) mass is 277 g/mol. The molecule has 0 saturated carbocycles. The normalized spacial score (nSPS) is 19.1. The fourth-order valence-corrected chi connectivity index (χ4v) is 2.62. The Kier molecular flexibility index (Phi) is 5.38. The molecule has 1 saturated heterocycles. The number of hydrogen-bond donors (Lipinski definition) is 1. The zero-order valence-electron chi connectivity index (χ0n) is 13.1. The van der Waals surface area contributed by atoms with Crippen molar-refractivity contribution in [1.82, 2.24) is 10.3 Å². The predicted octanol–water partition coefficient (Wildman–Crippen LogP) is 2.36. The average Bonchev–Trinajstić information content (AvgIpc) is 2.86. The first-order valence-corrected chi connectivity index (χ1v) is 7.54. The summed E-state index contributed by atoms with van der Waals surface area (Å²) < 4.78 is 5.43. The van der Waals surface area contributed by atoms with E-state index in [4.69, 9.17) is 4.74 Å². The van der Waals surface area contributed by atoms with Gasteiger partial charge in [-0.3, -0.25) is 0 Å². The summed E-state index contributed by atoms with van der Waals surface area (Å²) in [5.41, 5.74) is 2.40. The highest BCUT2D eigenvalue weighted by atomic mass is 16.5. The average molecular weight is 277 g/mol. The lowest BCUT2D eigenvalue weighted by Crippen LogP contribution is -2.24. The van der Waals surface area contributed by atoms with Crippen LogP contribution in [0.25, 0.3) is 0 Å². The number of aryl methyl sites for hydroxylation is 1. The Bertz CT molecular complexity index is 434. The molecule has 1 unspecified atom stereocenters. The molecular formula is C16H27N3O. The van der Waals surface area contributed by atoms with Gasteiger partial charge in [0.15, 0.2) is 0 Å². The molecule has 112 valence electrons. The molecule has 0 spiro atoms. The molecule has 0 bridgehead atoms. The Balaban J connectivity index is 2.01. The molecule has 4 heteroatoms. The molecule has 0 aliphatic carbocycles. The minimum atomic E-state index is 0.347. The molecular weight excluding hydrogens is 250 g/mol. The van der Waals surface area contributed by atoms with E-state index in [0.717, 1.165) is 44.1 Å². The van der Waals surface area contributed by atoms with Crippen LogP contribution in [-0.2, 0) is 11.3 Å². The number of methoxy groups -OCH3 is 1. The van der Waals surface area contributed by atoms with Gasteiger partial charge in [0.25, 0.3) is 0 Å². The highest BCUT2D eigenvalue weighted by Gasteiger charge is 2.23. The Labute approximate surface area is 122 Å². The Morgan fingerprint density at radius 2 is 2.25 bits per heavy atom. The highest BCUT2D eigenvalue weighted by Crippen LogP contribution is 2.21. The number of hydrogen-bond acceptors (Lipinski definition) is 4. The van der Waals surface area contributed by atoms with Gasteiger partial charge in [-0.2, -0.15) is 0 Å². The second-order valence-electron chi connectivity index (χ2n) is 6.09. The lowest BCUT2D eigenvalue weighted by atomic mass is 10.2. The van der Waals surface area contributed by atoms with Crippen LogP contribution in [0, 0.1) is 12.8 Å². The summed E-state index contributed by atoms with van der Waals surface area (Å²) in [4.78, 5) is 7.00. The molecule has 1 aliphatic heterocycles. The quantitative estimate of drug-likeness (QED) is 0.866. The van der Waals surface area contributed by atoms with Crippen LogP contribution in [0.1, 0.15) is 31.5 Å². The second kappa shape index (κ2) is 7.04. The Morgan fingerprint density at radius 1 is 1.45 bits per heavy atom. The molecule has 2 heterocycles. The number of anilines is 1. The third kappa shape index (κ3) is 4.18. The van der Waals surface area contributed by atoms with Gasteiger partial charge >= 0.3 is 0 Å². The zero-order chi connectivity index (χ0) is 14.5. The number of nitrogens with one attached hydrogen (secondary N) is 1. The third-order valence-electron chi connectivity index (χ3n) is 3.68. The fraction of sp³-hybridized carbons (Fsp3) is 0.688. The first kappa shape index (κ1) is 15.3. The van der Waals surface area contributed by atoms with E-state index in [1.807, 2.05) is 0 Å². The molecule has 1 atom stereocenters. The summed E-state index contributed by atoms with van der Waals surface area (Å²) in [5.74, 6) is 1.77. The van der Waals surface area contributed by atoms with E-state index in [1.54, 1.807) is 7.11 Å².